The van der Waals surface area contributed by atoms with E-state index in [4.69, 9.17) is 0 Å². The second kappa shape index (κ2) is 14.9. The molecule has 0 unspecified atom stereocenters. The van der Waals surface area contributed by atoms with Gasteiger partial charge in [-0.3, -0.25) is 0 Å². The zero-order valence-corrected chi connectivity index (χ0v) is 34.8. The third kappa shape index (κ3) is 5.56. The monoisotopic (exact) mass is 801 g/mol. The highest BCUT2D eigenvalue weighted by molar-refractivity contribution is 5.89. The maximum atomic E-state index is 2.43. The minimum absolute atomic E-state index is 0.467. The van der Waals surface area contributed by atoms with Gasteiger partial charge in [0.05, 0.1) is 10.8 Å². The number of fused-ring (bicyclic) bond motifs is 6. The molecule has 10 aromatic carbocycles. The van der Waals surface area contributed by atoms with E-state index in [1.807, 2.05) is 0 Å². The predicted molar refractivity (Wildman–Crippen MR) is 261 cm³/mol. The van der Waals surface area contributed by atoms with Gasteiger partial charge in [0, 0.05) is 17.1 Å². The molecule has 0 aliphatic heterocycles. The normalized spacial score (nSPS) is 13.7. The predicted octanol–water partition coefficient (Wildman–Crippen LogP) is 15.5. The van der Waals surface area contributed by atoms with Crippen molar-refractivity contribution < 1.29 is 0 Å². The number of hydrogen-bond donors (Lipinski definition) is 0. The molecule has 0 bridgehead atoms. The standard InChI is InChI=1S/C62H43N/c1-4-23-46(24-5-1)61(57-37-14-10-33-53(57)54-34-11-15-38-58(54)61)48-27-18-21-44(41-48)45-22-19-31-51(42-45)63(50-29-8-3-9-30-50)52-32-20-28-49(43-52)62(47-25-6-2-7-26-47)59-39-16-12-35-55(59)56-36-13-17-40-60(56)62/h1-43H. The summed E-state index contributed by atoms with van der Waals surface area (Å²) >= 11 is 0. The molecular weight excluding hydrogens is 759 g/mol. The number of anilines is 3. The van der Waals surface area contributed by atoms with E-state index in [1.165, 1.54) is 72.3 Å². The van der Waals surface area contributed by atoms with Gasteiger partial charge in [-0.15, -0.1) is 0 Å². The lowest BCUT2D eigenvalue weighted by Crippen LogP contribution is -2.28. The molecule has 0 N–H and O–H groups in total. The van der Waals surface area contributed by atoms with Crippen LogP contribution in [0.3, 0.4) is 0 Å². The minimum atomic E-state index is -0.499. The number of nitrogens with zero attached hydrogens (tertiary/aromatic N) is 1. The van der Waals surface area contributed by atoms with E-state index in [0.29, 0.717) is 0 Å². The Bertz CT molecular complexity index is 3200. The molecule has 0 aromatic heterocycles. The van der Waals surface area contributed by atoms with Gasteiger partial charge in [0.2, 0.25) is 0 Å². The van der Waals surface area contributed by atoms with Crippen molar-refractivity contribution in [1.29, 1.82) is 0 Å². The summed E-state index contributed by atoms with van der Waals surface area (Å²) in [7, 11) is 0. The Balaban J connectivity index is 1.03. The molecule has 0 saturated heterocycles. The van der Waals surface area contributed by atoms with E-state index in [-0.39, 0.29) is 0 Å². The van der Waals surface area contributed by atoms with Gasteiger partial charge < -0.3 is 4.90 Å². The van der Waals surface area contributed by atoms with E-state index in [9.17, 15) is 0 Å². The number of para-hydroxylation sites is 1. The van der Waals surface area contributed by atoms with Gasteiger partial charge in [-0.05, 0) is 120 Å². The molecule has 0 atom stereocenters. The fraction of sp³-hybridized carbons (Fsp3) is 0.0323. The van der Waals surface area contributed by atoms with Crippen molar-refractivity contribution in [1.82, 2.24) is 0 Å². The molecule has 10 aromatic rings. The molecule has 296 valence electrons. The molecule has 0 radical (unpaired) electrons. The fourth-order valence-corrected chi connectivity index (χ4v) is 11.1. The smallest absolute Gasteiger partial charge is 0.0714 e. The zero-order chi connectivity index (χ0) is 41.8. The first-order valence-corrected chi connectivity index (χ1v) is 21.9. The van der Waals surface area contributed by atoms with E-state index in [2.05, 4.69) is 266 Å². The van der Waals surface area contributed by atoms with Crippen molar-refractivity contribution in [2.45, 2.75) is 10.8 Å². The molecule has 0 heterocycles. The van der Waals surface area contributed by atoms with Gasteiger partial charge in [0.15, 0.2) is 0 Å². The number of hydrogen-bond acceptors (Lipinski definition) is 1. The highest BCUT2D eigenvalue weighted by Gasteiger charge is 2.47. The first-order chi connectivity index (χ1) is 31.3. The van der Waals surface area contributed by atoms with Crippen LogP contribution in [0.4, 0.5) is 17.1 Å². The maximum absolute atomic E-state index is 2.43. The van der Waals surface area contributed by atoms with Crippen LogP contribution >= 0.6 is 0 Å². The van der Waals surface area contributed by atoms with Crippen molar-refractivity contribution in [3.63, 3.8) is 0 Å². The van der Waals surface area contributed by atoms with Gasteiger partial charge >= 0.3 is 0 Å². The Labute approximate surface area is 369 Å². The van der Waals surface area contributed by atoms with E-state index in [0.717, 1.165) is 22.6 Å². The molecule has 63 heavy (non-hydrogen) atoms. The van der Waals surface area contributed by atoms with Crippen LogP contribution in [0.15, 0.2) is 261 Å². The molecule has 0 fully saturated rings. The van der Waals surface area contributed by atoms with Gasteiger partial charge in [0.1, 0.15) is 0 Å². The average Bonchev–Trinajstić information content (AvgIpc) is 3.84. The minimum Gasteiger partial charge on any atom is -0.310 e. The first kappa shape index (κ1) is 36.8. The lowest BCUT2D eigenvalue weighted by Gasteiger charge is -2.35. The summed E-state index contributed by atoms with van der Waals surface area (Å²) in [6.45, 7) is 0. The number of rotatable bonds is 8. The first-order valence-electron chi connectivity index (χ1n) is 21.9. The van der Waals surface area contributed by atoms with Crippen LogP contribution < -0.4 is 4.90 Å². The molecule has 0 saturated carbocycles. The summed E-state index contributed by atoms with van der Waals surface area (Å²) in [6.07, 6.45) is 0. The average molecular weight is 802 g/mol. The Hall–Kier alpha value is -8.00. The largest absolute Gasteiger partial charge is 0.310 e. The lowest BCUT2D eigenvalue weighted by atomic mass is 9.67. The third-order valence-corrected chi connectivity index (χ3v) is 13.6. The summed E-state index contributed by atoms with van der Waals surface area (Å²) in [6, 6.07) is 96.3. The molecule has 0 spiro atoms. The second-order valence-electron chi connectivity index (χ2n) is 16.8. The van der Waals surface area contributed by atoms with E-state index in [1.54, 1.807) is 0 Å². The summed E-state index contributed by atoms with van der Waals surface area (Å²) in [4.78, 5) is 2.41. The Kier molecular flexibility index (Phi) is 8.69. The fourth-order valence-electron chi connectivity index (χ4n) is 11.1. The highest BCUT2D eigenvalue weighted by atomic mass is 15.1. The van der Waals surface area contributed by atoms with Gasteiger partial charge in [-0.25, -0.2) is 0 Å². The summed E-state index contributed by atoms with van der Waals surface area (Å²) in [5.74, 6) is 0. The topological polar surface area (TPSA) is 3.24 Å². The van der Waals surface area contributed by atoms with Crippen LogP contribution in [0.5, 0.6) is 0 Å². The van der Waals surface area contributed by atoms with Crippen LogP contribution in [-0.2, 0) is 10.8 Å². The van der Waals surface area contributed by atoms with Crippen molar-refractivity contribution in [3.8, 4) is 33.4 Å². The number of benzene rings is 10. The van der Waals surface area contributed by atoms with Gasteiger partial charge in [-0.1, -0.05) is 218 Å². The molecular formula is C62H43N. The Morgan fingerprint density at radius 2 is 0.540 bits per heavy atom. The van der Waals surface area contributed by atoms with Gasteiger partial charge in [0.25, 0.3) is 0 Å². The van der Waals surface area contributed by atoms with Crippen molar-refractivity contribution >= 4 is 17.1 Å². The Morgan fingerprint density at radius 3 is 1.02 bits per heavy atom. The van der Waals surface area contributed by atoms with Crippen LogP contribution in [0.25, 0.3) is 33.4 Å². The molecule has 2 aliphatic carbocycles. The summed E-state index contributed by atoms with van der Waals surface area (Å²) < 4.78 is 0. The van der Waals surface area contributed by atoms with Crippen LogP contribution in [0.2, 0.25) is 0 Å². The van der Waals surface area contributed by atoms with E-state index < -0.39 is 10.8 Å². The summed E-state index contributed by atoms with van der Waals surface area (Å²) in [5.41, 5.74) is 20.1. The highest BCUT2D eigenvalue weighted by Crippen LogP contribution is 2.58. The Morgan fingerprint density at radius 1 is 0.222 bits per heavy atom. The van der Waals surface area contributed by atoms with Crippen molar-refractivity contribution in [2.75, 3.05) is 4.90 Å². The van der Waals surface area contributed by atoms with E-state index >= 15 is 0 Å². The van der Waals surface area contributed by atoms with Crippen molar-refractivity contribution in [3.05, 3.63) is 305 Å². The molecule has 1 nitrogen and oxygen atoms in total. The molecule has 0 amide bonds. The van der Waals surface area contributed by atoms with Crippen LogP contribution in [0.1, 0.15) is 44.5 Å². The van der Waals surface area contributed by atoms with Crippen LogP contribution in [-0.4, -0.2) is 0 Å². The SMILES string of the molecule is c1ccc(N(c2cccc(-c3cccc(C4(c5ccccc5)c5ccccc5-c5ccccc54)c3)c2)c2cccc(C3(c4ccccc4)c4ccccc4-c4ccccc43)c2)cc1. The third-order valence-electron chi connectivity index (χ3n) is 13.6. The molecule has 1 heteroatoms. The summed E-state index contributed by atoms with van der Waals surface area (Å²) in [5, 5.41) is 0. The van der Waals surface area contributed by atoms with Gasteiger partial charge in [-0.2, -0.15) is 0 Å². The molecule has 2 aliphatic rings. The van der Waals surface area contributed by atoms with Crippen LogP contribution in [0, 0.1) is 0 Å². The van der Waals surface area contributed by atoms with Crippen molar-refractivity contribution in [2.24, 2.45) is 0 Å². The molecule has 12 rings (SSSR count). The lowest BCUT2D eigenvalue weighted by molar-refractivity contribution is 0.768. The maximum Gasteiger partial charge on any atom is 0.0714 e. The zero-order valence-electron chi connectivity index (χ0n) is 34.8. The second-order valence-corrected chi connectivity index (χ2v) is 16.8. The quantitative estimate of drug-likeness (QED) is 0.148.